The summed E-state index contributed by atoms with van der Waals surface area (Å²) in [5, 5.41) is 0. The first kappa shape index (κ1) is 15.7. The Morgan fingerprint density at radius 3 is 1.50 bits per heavy atom. The van der Waals surface area contributed by atoms with Crippen LogP contribution in [-0.4, -0.2) is 28.3 Å². The third-order valence-corrected chi connectivity index (χ3v) is 0. The predicted molar refractivity (Wildman–Crippen MR) is 15.6 cm³/mol. The fourth-order valence-corrected chi connectivity index (χ4v) is 0. The van der Waals surface area contributed by atoms with Crippen LogP contribution in [0.5, 0.6) is 0 Å². The molecule has 0 bridgehead atoms. The van der Waals surface area contributed by atoms with Crippen molar-refractivity contribution in [2.75, 3.05) is 0 Å². The average molecular weight is 171 g/mol. The minimum atomic E-state index is -3.29. The van der Waals surface area contributed by atoms with E-state index in [1.807, 2.05) is 0 Å². The van der Waals surface area contributed by atoms with Gasteiger partial charge in [0.2, 0.25) is 0 Å². The molecule has 0 unspecified atom stereocenters. The van der Waals surface area contributed by atoms with Crippen molar-refractivity contribution in [1.29, 1.82) is 0 Å². The van der Waals surface area contributed by atoms with E-state index in [4.69, 9.17) is 12.2 Å². The van der Waals surface area contributed by atoms with Crippen LogP contribution in [0.15, 0.2) is 0 Å². The van der Waals surface area contributed by atoms with E-state index >= 15 is 0 Å². The first-order valence-electron chi connectivity index (χ1n) is 0.532. The fraction of sp³-hybridized carbons (Fsp3) is 0. The summed E-state index contributed by atoms with van der Waals surface area (Å²) in [6.45, 7) is 0. The molecule has 0 aromatic heterocycles. The van der Waals surface area contributed by atoms with Gasteiger partial charge in [0, 0.05) is 0 Å². The van der Waals surface area contributed by atoms with Gasteiger partial charge in [-0.1, -0.05) is 0 Å². The summed E-state index contributed by atoms with van der Waals surface area (Å²) in [6, 6.07) is 0. The van der Waals surface area contributed by atoms with Crippen LogP contribution in [0.25, 0.3) is 0 Å². The Kier molecular flexibility index (Phi) is 24.9. The van der Waals surface area contributed by atoms with E-state index in [1.165, 1.54) is 0 Å². The molecule has 0 radical (unpaired) electrons. The summed E-state index contributed by atoms with van der Waals surface area (Å²) < 4.78 is 23.1. The Morgan fingerprint density at radius 1 is 1.50 bits per heavy atom. The smallest absolute Gasteiger partial charge is 1.00 e. The van der Waals surface area contributed by atoms with Crippen molar-refractivity contribution in [3.05, 3.63) is 0 Å². The van der Waals surface area contributed by atoms with Crippen molar-refractivity contribution in [3.63, 3.8) is 0 Å². The zero-order valence-electron chi connectivity index (χ0n) is 4.21. The van der Waals surface area contributed by atoms with Crippen LogP contribution in [0.3, 0.4) is 0 Å². The summed E-state index contributed by atoms with van der Waals surface area (Å²) in [4.78, 5) is 0. The van der Waals surface area contributed by atoms with Crippen LogP contribution in [-0.2, 0) is 3.83 Å². The number of hydrogen-bond acceptors (Lipinski definition) is 1. The third kappa shape index (κ3) is 63.7. The van der Waals surface area contributed by atoms with Gasteiger partial charge in [-0.15, -0.1) is 0 Å². The molecule has 0 aromatic rings. The first-order chi connectivity index (χ1) is 1.73. The van der Waals surface area contributed by atoms with Gasteiger partial charge in [0.25, 0.3) is 0 Å². The van der Waals surface area contributed by atoms with E-state index in [-0.39, 0.29) is 36.5 Å². The summed E-state index contributed by atoms with van der Waals surface area (Å²) in [5.74, 6) is 0. The molecule has 4 nitrogen and oxygen atoms in total. The van der Waals surface area contributed by atoms with Crippen LogP contribution < -0.4 is 29.6 Å². The topological polar surface area (TPSA) is 89.0 Å². The minimum absolute atomic E-state index is 0. The molecule has 0 aliphatic carbocycles. The Balaban J connectivity index is -0.0000000150. The quantitative estimate of drug-likeness (QED) is 0.356. The number of hydrogen-bond donors (Lipinski definition) is 2. The monoisotopic (exact) mass is 172 g/mol. The Bertz CT molecular complexity index is 34.7. The van der Waals surface area contributed by atoms with E-state index in [0.717, 1.165) is 0 Å². The molecule has 0 amide bonds. The van der Waals surface area contributed by atoms with Gasteiger partial charge in [-0.25, -0.2) is 0 Å². The maximum Gasteiger partial charge on any atom is 1.00 e. The van der Waals surface area contributed by atoms with Gasteiger partial charge < -0.3 is 6.90 Å². The molecular formula is H5NaO4Se. The van der Waals surface area contributed by atoms with Crippen molar-refractivity contribution in [2.45, 2.75) is 0 Å². The van der Waals surface area contributed by atoms with E-state index in [1.54, 1.807) is 0 Å². The summed E-state index contributed by atoms with van der Waals surface area (Å²) in [6.07, 6.45) is 0. The van der Waals surface area contributed by atoms with Gasteiger partial charge in [0.15, 0.2) is 0 Å². The molecule has 4 N–H and O–H groups in total. The maximum absolute atomic E-state index is 8.76. The molecule has 0 aliphatic heterocycles. The predicted octanol–water partition coefficient (Wildman–Crippen LogP) is -5.32. The normalized spacial score (nSPS) is 5.83. The second-order valence-electron chi connectivity index (χ2n) is 0.231. The van der Waals surface area contributed by atoms with E-state index in [9.17, 15) is 0 Å². The van der Waals surface area contributed by atoms with Crippen molar-refractivity contribution >= 4 is 14.5 Å². The van der Waals surface area contributed by atoms with Gasteiger partial charge >= 0.3 is 56.3 Å². The molecular weight excluding hydrogens is 166 g/mol. The van der Waals surface area contributed by atoms with E-state index < -0.39 is 14.5 Å². The standard InChI is InChI=1S/Na.H2O3Se.H2O.H/c;1-4(2)3;;/h;(H2,1,2,3);1H2;/q+1;;;-1. The Hall–Kier alpha value is 1.20. The maximum atomic E-state index is 8.76. The summed E-state index contributed by atoms with van der Waals surface area (Å²) >= 11 is -3.29. The minimum Gasteiger partial charge on any atom is -1.00 e. The molecule has 0 heterocycles. The molecule has 0 rings (SSSR count). The van der Waals surface area contributed by atoms with Crippen LogP contribution in [0.2, 0.25) is 0 Å². The van der Waals surface area contributed by atoms with Crippen LogP contribution in [0.1, 0.15) is 1.43 Å². The van der Waals surface area contributed by atoms with E-state index in [0.29, 0.717) is 0 Å². The zero-order chi connectivity index (χ0) is 3.58. The van der Waals surface area contributed by atoms with Crippen molar-refractivity contribution in [3.8, 4) is 0 Å². The molecule has 36 valence electrons. The second-order valence-corrected chi connectivity index (χ2v) is 1.20. The molecule has 0 saturated carbocycles. The van der Waals surface area contributed by atoms with Crippen LogP contribution >= 0.6 is 0 Å². The summed E-state index contributed by atoms with van der Waals surface area (Å²) in [7, 11) is 0. The van der Waals surface area contributed by atoms with Gasteiger partial charge in [0.05, 0.1) is 0 Å². The molecule has 0 fully saturated rings. The van der Waals surface area contributed by atoms with Gasteiger partial charge in [-0.3, -0.25) is 0 Å². The molecule has 0 saturated heterocycles. The third-order valence-electron chi connectivity index (χ3n) is 0. The van der Waals surface area contributed by atoms with Crippen LogP contribution in [0.4, 0.5) is 0 Å². The fourth-order valence-electron chi connectivity index (χ4n) is 0. The second kappa shape index (κ2) is 9.50. The zero-order valence-corrected chi connectivity index (χ0v) is 6.92. The average Bonchev–Trinajstić information content (AvgIpc) is 0.811. The van der Waals surface area contributed by atoms with Crippen molar-refractivity contribution < 1.29 is 48.7 Å². The molecule has 6 heavy (non-hydrogen) atoms. The molecule has 0 aliphatic rings. The Morgan fingerprint density at radius 2 is 1.50 bits per heavy atom. The van der Waals surface area contributed by atoms with Gasteiger partial charge in [-0.05, 0) is 0 Å². The van der Waals surface area contributed by atoms with Gasteiger partial charge in [-0.2, -0.15) is 0 Å². The van der Waals surface area contributed by atoms with Crippen molar-refractivity contribution in [1.82, 2.24) is 0 Å². The molecule has 0 aromatic carbocycles. The SMILES string of the molecule is O.O=[Se](O)O.[H-].[Na+]. The van der Waals surface area contributed by atoms with E-state index in [2.05, 4.69) is 0 Å². The summed E-state index contributed by atoms with van der Waals surface area (Å²) in [5.41, 5.74) is 0. The first-order valence-corrected chi connectivity index (χ1v) is 2.76. The largest absolute Gasteiger partial charge is 1.00 e. The molecule has 0 spiro atoms. The van der Waals surface area contributed by atoms with Gasteiger partial charge in [0.1, 0.15) is 0 Å². The number of rotatable bonds is 0. The van der Waals surface area contributed by atoms with Crippen LogP contribution in [0, 0.1) is 0 Å². The molecule has 0 atom stereocenters. The van der Waals surface area contributed by atoms with Crippen molar-refractivity contribution in [2.24, 2.45) is 0 Å². The Labute approximate surface area is 63.0 Å². The molecule has 6 heteroatoms.